The van der Waals surface area contributed by atoms with E-state index >= 15 is 0 Å². The second-order valence-corrected chi connectivity index (χ2v) is 4.06. The minimum Gasteiger partial charge on any atom is -1.00 e. The molecule has 0 saturated carbocycles. The Hall–Kier alpha value is -1.93. The van der Waals surface area contributed by atoms with E-state index in [2.05, 4.69) is 52.0 Å². The van der Waals surface area contributed by atoms with Crippen molar-refractivity contribution in [2.45, 2.75) is 6.54 Å². The number of rotatable bonds is 2. The summed E-state index contributed by atoms with van der Waals surface area (Å²) in [5, 5.41) is 2.61. The van der Waals surface area contributed by atoms with Gasteiger partial charge in [0.1, 0.15) is 0 Å². The van der Waals surface area contributed by atoms with E-state index in [1.54, 1.807) is 0 Å². The van der Waals surface area contributed by atoms with E-state index in [1.165, 1.54) is 16.3 Å². The molecular formula is C15H13ClN2. The summed E-state index contributed by atoms with van der Waals surface area (Å²) in [4.78, 5) is 4.03. The zero-order chi connectivity index (χ0) is 11.5. The molecule has 90 valence electrons. The predicted molar refractivity (Wildman–Crippen MR) is 67.5 cm³/mol. The Bertz CT molecular complexity index is 633. The van der Waals surface area contributed by atoms with Crippen LogP contribution in [0.15, 0.2) is 67.3 Å². The monoisotopic (exact) mass is 256 g/mol. The number of aromatic nitrogens is 2. The molecule has 0 bridgehead atoms. The lowest BCUT2D eigenvalue weighted by Crippen LogP contribution is -3.00. The largest absolute Gasteiger partial charge is 1.00 e. The Kier molecular flexibility index (Phi) is 3.90. The molecule has 0 unspecified atom stereocenters. The van der Waals surface area contributed by atoms with Crippen molar-refractivity contribution in [1.82, 2.24) is 4.98 Å². The summed E-state index contributed by atoms with van der Waals surface area (Å²) in [6, 6.07) is 14.9. The van der Waals surface area contributed by atoms with Crippen molar-refractivity contribution in [1.29, 1.82) is 0 Å². The standard InChI is InChI=1S/C15H13N2.ClH/c1-2-7-15-13(4-1)5-3-6-14(15)12-17-10-8-16-9-11-17;/h1-11H,12H2;1H/q+1;/p-1. The van der Waals surface area contributed by atoms with E-state index in [1.807, 2.05) is 24.8 Å². The van der Waals surface area contributed by atoms with E-state index in [4.69, 9.17) is 0 Å². The van der Waals surface area contributed by atoms with Crippen LogP contribution < -0.4 is 17.0 Å². The molecule has 0 N–H and O–H groups in total. The molecule has 0 radical (unpaired) electrons. The fraction of sp³-hybridized carbons (Fsp3) is 0.0667. The SMILES string of the molecule is [Cl-].c1ccc2c(C[n+]3ccncc3)cccc2c1. The molecule has 2 aromatic carbocycles. The Labute approximate surface area is 112 Å². The van der Waals surface area contributed by atoms with E-state index in [0.29, 0.717) is 0 Å². The second-order valence-electron chi connectivity index (χ2n) is 4.06. The second kappa shape index (κ2) is 5.61. The molecule has 0 aliphatic carbocycles. The number of halogens is 1. The Morgan fingerprint density at radius 1 is 0.889 bits per heavy atom. The smallest absolute Gasteiger partial charge is 0.187 e. The molecule has 0 saturated heterocycles. The highest BCUT2D eigenvalue weighted by atomic mass is 35.5. The van der Waals surface area contributed by atoms with E-state index in [0.717, 1.165) is 6.54 Å². The maximum atomic E-state index is 4.03. The van der Waals surface area contributed by atoms with Gasteiger partial charge in [-0.2, -0.15) is 4.57 Å². The lowest BCUT2D eigenvalue weighted by Gasteiger charge is -2.03. The summed E-state index contributed by atoms with van der Waals surface area (Å²) in [6.45, 7) is 0.879. The molecule has 3 rings (SSSR count). The van der Waals surface area contributed by atoms with Gasteiger partial charge >= 0.3 is 0 Å². The van der Waals surface area contributed by atoms with Crippen molar-refractivity contribution in [2.24, 2.45) is 0 Å². The summed E-state index contributed by atoms with van der Waals surface area (Å²) in [7, 11) is 0. The minimum absolute atomic E-state index is 0. The van der Waals surface area contributed by atoms with Crippen LogP contribution in [0.4, 0.5) is 0 Å². The summed E-state index contributed by atoms with van der Waals surface area (Å²) in [5.74, 6) is 0. The van der Waals surface area contributed by atoms with Crippen molar-refractivity contribution >= 4 is 10.8 Å². The highest BCUT2D eigenvalue weighted by Crippen LogP contribution is 2.17. The molecule has 0 amide bonds. The number of hydrogen-bond donors (Lipinski definition) is 0. The van der Waals surface area contributed by atoms with Crippen molar-refractivity contribution in [3.05, 3.63) is 72.8 Å². The van der Waals surface area contributed by atoms with Gasteiger partial charge in [-0.25, -0.2) is 0 Å². The fourth-order valence-electron chi connectivity index (χ4n) is 2.08. The van der Waals surface area contributed by atoms with Gasteiger partial charge in [-0.05, 0) is 10.8 Å². The van der Waals surface area contributed by atoms with Crippen molar-refractivity contribution in [2.75, 3.05) is 0 Å². The normalized spacial score (nSPS) is 10.0. The molecular weight excluding hydrogens is 244 g/mol. The minimum atomic E-state index is 0. The van der Waals surface area contributed by atoms with Gasteiger partial charge in [-0.3, -0.25) is 4.98 Å². The molecule has 0 aliphatic rings. The van der Waals surface area contributed by atoms with Crippen LogP contribution in [-0.4, -0.2) is 4.98 Å². The van der Waals surface area contributed by atoms with Gasteiger partial charge in [0.05, 0.1) is 12.4 Å². The topological polar surface area (TPSA) is 16.8 Å². The summed E-state index contributed by atoms with van der Waals surface area (Å²) in [6.07, 6.45) is 7.60. The molecule has 1 heterocycles. The maximum Gasteiger partial charge on any atom is 0.187 e. The first-order chi connectivity index (χ1) is 8.43. The molecule has 3 heteroatoms. The third-order valence-corrected chi connectivity index (χ3v) is 2.92. The van der Waals surface area contributed by atoms with Crippen molar-refractivity contribution in [3.8, 4) is 0 Å². The highest BCUT2D eigenvalue weighted by molar-refractivity contribution is 5.85. The number of fused-ring (bicyclic) bond motifs is 1. The molecule has 0 aliphatic heterocycles. The molecule has 3 aromatic rings. The van der Waals surface area contributed by atoms with Crippen LogP contribution in [0.5, 0.6) is 0 Å². The molecule has 0 spiro atoms. The van der Waals surface area contributed by atoms with Gasteiger partial charge in [0.2, 0.25) is 0 Å². The number of nitrogens with zero attached hydrogens (tertiary/aromatic N) is 2. The van der Waals surface area contributed by atoms with Gasteiger partial charge in [-0.1, -0.05) is 42.5 Å². The van der Waals surface area contributed by atoms with Gasteiger partial charge in [0, 0.05) is 5.56 Å². The summed E-state index contributed by atoms with van der Waals surface area (Å²) >= 11 is 0. The van der Waals surface area contributed by atoms with E-state index in [9.17, 15) is 0 Å². The Morgan fingerprint density at radius 3 is 2.44 bits per heavy atom. The molecule has 2 nitrogen and oxygen atoms in total. The quantitative estimate of drug-likeness (QED) is 0.569. The van der Waals surface area contributed by atoms with Crippen LogP contribution in [0.3, 0.4) is 0 Å². The molecule has 18 heavy (non-hydrogen) atoms. The highest BCUT2D eigenvalue weighted by Gasteiger charge is 2.05. The molecule has 0 fully saturated rings. The van der Waals surface area contributed by atoms with Gasteiger partial charge in [0.25, 0.3) is 0 Å². The van der Waals surface area contributed by atoms with Crippen LogP contribution in [0.1, 0.15) is 5.56 Å². The maximum absolute atomic E-state index is 4.03. The van der Waals surface area contributed by atoms with Crippen LogP contribution in [-0.2, 0) is 6.54 Å². The lowest BCUT2D eigenvalue weighted by molar-refractivity contribution is -0.688. The summed E-state index contributed by atoms with van der Waals surface area (Å²) in [5.41, 5.74) is 1.33. The van der Waals surface area contributed by atoms with Crippen LogP contribution in [0, 0.1) is 0 Å². The third-order valence-electron chi connectivity index (χ3n) is 2.92. The number of benzene rings is 2. The first kappa shape index (κ1) is 12.5. The first-order valence-electron chi connectivity index (χ1n) is 5.69. The van der Waals surface area contributed by atoms with Crippen molar-refractivity contribution < 1.29 is 17.0 Å². The predicted octanol–water partition coefficient (Wildman–Crippen LogP) is -0.425. The number of hydrogen-bond acceptors (Lipinski definition) is 1. The zero-order valence-corrected chi connectivity index (χ0v) is 10.6. The van der Waals surface area contributed by atoms with Gasteiger partial charge in [0.15, 0.2) is 18.9 Å². The van der Waals surface area contributed by atoms with Crippen LogP contribution >= 0.6 is 0 Å². The van der Waals surface area contributed by atoms with Crippen LogP contribution in [0.2, 0.25) is 0 Å². The Balaban J connectivity index is 0.00000120. The molecule has 0 atom stereocenters. The zero-order valence-electron chi connectivity index (χ0n) is 9.83. The fourth-order valence-corrected chi connectivity index (χ4v) is 2.08. The van der Waals surface area contributed by atoms with Gasteiger partial charge < -0.3 is 12.4 Å². The molecule has 1 aromatic heterocycles. The summed E-state index contributed by atoms with van der Waals surface area (Å²) < 4.78 is 2.13. The Morgan fingerprint density at radius 2 is 1.61 bits per heavy atom. The van der Waals surface area contributed by atoms with Crippen molar-refractivity contribution in [3.63, 3.8) is 0 Å². The van der Waals surface area contributed by atoms with Gasteiger partial charge in [-0.15, -0.1) is 0 Å². The average molecular weight is 257 g/mol. The van der Waals surface area contributed by atoms with E-state index in [-0.39, 0.29) is 12.4 Å². The average Bonchev–Trinajstić information content (AvgIpc) is 2.40. The lowest BCUT2D eigenvalue weighted by atomic mass is 10.0. The van der Waals surface area contributed by atoms with Crippen LogP contribution in [0.25, 0.3) is 10.8 Å². The van der Waals surface area contributed by atoms with E-state index < -0.39 is 0 Å². The third kappa shape index (κ3) is 2.49. The first-order valence-corrected chi connectivity index (χ1v) is 5.69.